The van der Waals surface area contributed by atoms with Crippen molar-refractivity contribution >= 4 is 24.8 Å². The Morgan fingerprint density at radius 3 is 2.06 bits per heavy atom. The number of nitrogens with zero attached hydrogens (tertiary/aromatic N) is 1. The van der Waals surface area contributed by atoms with Crippen LogP contribution in [0.4, 0.5) is 26.3 Å². The fourth-order valence-corrected chi connectivity index (χ4v) is 4.58. The number of alkyl halides is 6. The number of hydrogen-bond acceptors (Lipinski definition) is 3. The van der Waals surface area contributed by atoms with E-state index in [9.17, 15) is 26.3 Å². The van der Waals surface area contributed by atoms with Crippen LogP contribution in [0.3, 0.4) is 0 Å². The Labute approximate surface area is 206 Å². The molecule has 0 bridgehead atoms. The summed E-state index contributed by atoms with van der Waals surface area (Å²) in [6, 6.07) is 9.54. The van der Waals surface area contributed by atoms with Crippen LogP contribution in [0, 0.1) is 0 Å². The standard InChI is InChI=1S/C23H24F6N2O.2ClH/c24-22(25,26)17-11-15(12-18(13-17)23(27,28)29)14-32-20-6-5-16-3-1-2-4-19(16)21(20)31-9-7-30-8-10-31;;/h1-4,11-13,20-21,30H,5-10,14H2;2*1H/t20-,21-;;/m1../s1. The molecule has 1 aliphatic carbocycles. The molecule has 1 saturated heterocycles. The van der Waals surface area contributed by atoms with Gasteiger partial charge in [0.15, 0.2) is 0 Å². The predicted octanol–water partition coefficient (Wildman–Crippen LogP) is 6.05. The van der Waals surface area contributed by atoms with Gasteiger partial charge in [0.2, 0.25) is 0 Å². The van der Waals surface area contributed by atoms with Gasteiger partial charge in [-0.15, -0.1) is 24.8 Å². The second-order valence-corrected chi connectivity index (χ2v) is 8.23. The average Bonchev–Trinajstić information content (AvgIpc) is 2.76. The Bertz CT molecular complexity index is 916. The van der Waals surface area contributed by atoms with Crippen LogP contribution in [-0.4, -0.2) is 37.2 Å². The minimum atomic E-state index is -4.87. The first-order valence-corrected chi connectivity index (χ1v) is 10.6. The third-order valence-electron chi connectivity index (χ3n) is 6.08. The summed E-state index contributed by atoms with van der Waals surface area (Å²) in [5.74, 6) is 0. The molecule has 0 spiro atoms. The van der Waals surface area contributed by atoms with Gasteiger partial charge in [0, 0.05) is 26.2 Å². The van der Waals surface area contributed by atoms with Gasteiger partial charge in [-0.25, -0.2) is 0 Å². The summed E-state index contributed by atoms with van der Waals surface area (Å²) in [7, 11) is 0. The molecule has 2 aromatic carbocycles. The van der Waals surface area contributed by atoms with Gasteiger partial charge in [0.1, 0.15) is 0 Å². The fourth-order valence-electron chi connectivity index (χ4n) is 4.58. The van der Waals surface area contributed by atoms with Gasteiger partial charge in [-0.05, 0) is 47.7 Å². The van der Waals surface area contributed by atoms with E-state index >= 15 is 0 Å². The largest absolute Gasteiger partial charge is 0.416 e. The number of nitrogens with one attached hydrogen (secondary N) is 1. The van der Waals surface area contributed by atoms with Crippen molar-refractivity contribution in [3.8, 4) is 0 Å². The van der Waals surface area contributed by atoms with Crippen molar-refractivity contribution in [3.05, 3.63) is 70.3 Å². The van der Waals surface area contributed by atoms with Crippen LogP contribution in [0.25, 0.3) is 0 Å². The highest BCUT2D eigenvalue weighted by molar-refractivity contribution is 5.85. The number of aryl methyl sites for hydroxylation is 1. The third-order valence-corrected chi connectivity index (χ3v) is 6.08. The maximum Gasteiger partial charge on any atom is 0.416 e. The van der Waals surface area contributed by atoms with Crippen molar-refractivity contribution in [1.29, 1.82) is 0 Å². The van der Waals surface area contributed by atoms with Gasteiger partial charge in [-0.3, -0.25) is 4.90 Å². The van der Waals surface area contributed by atoms with Gasteiger partial charge >= 0.3 is 12.4 Å². The van der Waals surface area contributed by atoms with E-state index in [-0.39, 0.29) is 55.2 Å². The van der Waals surface area contributed by atoms with Gasteiger partial charge in [-0.2, -0.15) is 26.3 Å². The number of rotatable bonds is 4. The van der Waals surface area contributed by atoms with Crippen molar-refractivity contribution in [1.82, 2.24) is 10.2 Å². The quantitative estimate of drug-likeness (QED) is 0.487. The van der Waals surface area contributed by atoms with E-state index < -0.39 is 23.5 Å². The highest BCUT2D eigenvalue weighted by atomic mass is 35.5. The van der Waals surface area contributed by atoms with E-state index in [1.807, 2.05) is 18.2 Å². The first-order valence-electron chi connectivity index (χ1n) is 10.6. The molecule has 1 aliphatic heterocycles. The van der Waals surface area contributed by atoms with E-state index in [1.54, 1.807) is 0 Å². The minimum absolute atomic E-state index is 0. The lowest BCUT2D eigenvalue weighted by Crippen LogP contribution is -2.49. The molecular weight excluding hydrogens is 505 g/mol. The normalized spacial score (nSPS) is 21.2. The van der Waals surface area contributed by atoms with E-state index in [2.05, 4.69) is 16.3 Å². The number of piperazine rings is 1. The number of ether oxygens (including phenoxy) is 1. The highest BCUT2D eigenvalue weighted by Gasteiger charge is 2.38. The van der Waals surface area contributed by atoms with Crippen LogP contribution in [0.2, 0.25) is 0 Å². The molecule has 0 unspecified atom stereocenters. The molecule has 4 rings (SSSR count). The van der Waals surface area contributed by atoms with Gasteiger partial charge < -0.3 is 10.1 Å². The fraction of sp³-hybridized carbons (Fsp3) is 0.478. The average molecular weight is 531 g/mol. The molecule has 0 aromatic heterocycles. The lowest BCUT2D eigenvalue weighted by Gasteiger charge is -2.42. The molecule has 2 aromatic rings. The predicted molar refractivity (Wildman–Crippen MR) is 121 cm³/mol. The molecule has 2 aliphatic rings. The van der Waals surface area contributed by atoms with Crippen LogP contribution >= 0.6 is 24.8 Å². The summed E-state index contributed by atoms with van der Waals surface area (Å²) in [6.45, 7) is 2.89. The monoisotopic (exact) mass is 530 g/mol. The Hall–Kier alpha value is -1.52. The second-order valence-electron chi connectivity index (χ2n) is 8.23. The Kier molecular flexibility index (Phi) is 9.69. The topological polar surface area (TPSA) is 24.5 Å². The summed E-state index contributed by atoms with van der Waals surface area (Å²) in [5, 5.41) is 3.30. The first kappa shape index (κ1) is 28.7. The minimum Gasteiger partial charge on any atom is -0.372 e. The van der Waals surface area contributed by atoms with Crippen molar-refractivity contribution in [2.45, 2.75) is 43.9 Å². The van der Waals surface area contributed by atoms with Gasteiger partial charge in [0.05, 0.1) is 29.9 Å². The maximum atomic E-state index is 13.2. The lowest BCUT2D eigenvalue weighted by atomic mass is 9.84. The molecule has 0 radical (unpaired) electrons. The van der Waals surface area contributed by atoms with Crippen LogP contribution < -0.4 is 5.32 Å². The second kappa shape index (κ2) is 11.5. The van der Waals surface area contributed by atoms with Crippen molar-refractivity contribution in [3.63, 3.8) is 0 Å². The maximum absolute atomic E-state index is 13.2. The van der Waals surface area contributed by atoms with E-state index in [0.29, 0.717) is 6.42 Å². The molecular formula is C23H26Cl2F6N2O. The first-order chi connectivity index (χ1) is 15.1. The molecule has 1 N–H and O–H groups in total. The zero-order chi connectivity index (χ0) is 22.9. The van der Waals surface area contributed by atoms with E-state index in [1.165, 1.54) is 5.56 Å². The molecule has 11 heteroatoms. The molecule has 0 saturated carbocycles. The summed E-state index contributed by atoms with van der Waals surface area (Å²) < 4.78 is 85.1. The molecule has 2 atom stereocenters. The molecule has 0 amide bonds. The number of benzene rings is 2. The molecule has 1 fully saturated rings. The Morgan fingerprint density at radius 2 is 1.47 bits per heavy atom. The SMILES string of the molecule is Cl.Cl.FC(F)(F)c1cc(CO[C@@H]2CCc3ccccc3[C@H]2N2CCNCC2)cc(C(F)(F)F)c1. The van der Waals surface area contributed by atoms with Crippen molar-refractivity contribution < 1.29 is 31.1 Å². The van der Waals surface area contributed by atoms with Crippen molar-refractivity contribution in [2.24, 2.45) is 0 Å². The van der Waals surface area contributed by atoms with Crippen LogP contribution in [-0.2, 0) is 30.1 Å². The summed E-state index contributed by atoms with van der Waals surface area (Å²) in [5.41, 5.74) is -0.456. The number of hydrogen-bond donors (Lipinski definition) is 1. The molecule has 1 heterocycles. The van der Waals surface area contributed by atoms with Crippen LogP contribution in [0.15, 0.2) is 42.5 Å². The smallest absolute Gasteiger partial charge is 0.372 e. The molecule has 190 valence electrons. The summed E-state index contributed by atoms with van der Waals surface area (Å²) in [6.07, 6.45) is -8.67. The zero-order valence-corrected chi connectivity index (χ0v) is 19.7. The molecule has 3 nitrogen and oxygen atoms in total. The lowest BCUT2D eigenvalue weighted by molar-refractivity contribution is -0.143. The van der Waals surface area contributed by atoms with Crippen LogP contribution in [0.1, 0.15) is 40.3 Å². The van der Waals surface area contributed by atoms with Crippen molar-refractivity contribution in [2.75, 3.05) is 26.2 Å². The summed E-state index contributed by atoms with van der Waals surface area (Å²) >= 11 is 0. The number of fused-ring (bicyclic) bond motifs is 1. The van der Waals surface area contributed by atoms with Gasteiger partial charge in [0.25, 0.3) is 0 Å². The van der Waals surface area contributed by atoms with E-state index in [4.69, 9.17) is 4.74 Å². The summed E-state index contributed by atoms with van der Waals surface area (Å²) in [4.78, 5) is 2.28. The number of halogens is 8. The Morgan fingerprint density at radius 1 is 0.882 bits per heavy atom. The van der Waals surface area contributed by atoms with Crippen LogP contribution in [0.5, 0.6) is 0 Å². The third kappa shape index (κ3) is 6.57. The highest BCUT2D eigenvalue weighted by Crippen LogP contribution is 2.39. The zero-order valence-electron chi connectivity index (χ0n) is 18.1. The van der Waals surface area contributed by atoms with Gasteiger partial charge in [-0.1, -0.05) is 24.3 Å². The van der Waals surface area contributed by atoms with E-state index in [0.717, 1.165) is 50.3 Å². The molecule has 34 heavy (non-hydrogen) atoms. The Balaban J connectivity index is 0.00000204.